The fourth-order valence-corrected chi connectivity index (χ4v) is 1.06. The molecule has 0 heterocycles. The lowest BCUT2D eigenvalue weighted by molar-refractivity contribution is -0.142. The fourth-order valence-electron chi connectivity index (χ4n) is 1.06. The van der Waals surface area contributed by atoms with E-state index in [2.05, 4.69) is 0 Å². The number of carboxylic acid groups (broad SMARTS) is 1. The highest BCUT2D eigenvalue weighted by molar-refractivity contribution is 5.69. The summed E-state index contributed by atoms with van der Waals surface area (Å²) in [6.07, 6.45) is 2.13. The van der Waals surface area contributed by atoms with Crippen LogP contribution in [0, 0.1) is 28.6 Å². The first kappa shape index (κ1) is 11.4. The zero-order valence-corrected chi connectivity index (χ0v) is 7.36. The summed E-state index contributed by atoms with van der Waals surface area (Å²) in [5.74, 6) is -1.33. The summed E-state index contributed by atoms with van der Waals surface area (Å²) in [6, 6.07) is 3.88. The minimum absolute atomic E-state index is 0.267. The van der Waals surface area contributed by atoms with Crippen LogP contribution in [0.4, 0.5) is 0 Å². The van der Waals surface area contributed by atoms with E-state index >= 15 is 0 Å². The summed E-state index contributed by atoms with van der Waals surface area (Å²) in [5.41, 5.74) is 0. The lowest BCUT2D eigenvalue weighted by Crippen LogP contribution is -2.13. The smallest absolute Gasteiger partial charge is 0.306 e. The van der Waals surface area contributed by atoms with Crippen LogP contribution in [0.25, 0.3) is 0 Å². The van der Waals surface area contributed by atoms with Gasteiger partial charge in [-0.25, -0.2) is 0 Å². The number of carbonyl (C=O) groups is 1. The molecule has 0 aromatic rings. The van der Waals surface area contributed by atoms with Gasteiger partial charge in [0, 0.05) is 12.8 Å². The van der Waals surface area contributed by atoms with Crippen molar-refractivity contribution in [1.29, 1.82) is 10.5 Å². The Kier molecular flexibility index (Phi) is 6.27. The minimum Gasteiger partial charge on any atom is -0.481 e. The molecule has 0 aliphatic rings. The van der Waals surface area contributed by atoms with Gasteiger partial charge in [-0.1, -0.05) is 0 Å². The summed E-state index contributed by atoms with van der Waals surface area (Å²) in [6.45, 7) is 0. The van der Waals surface area contributed by atoms with Crippen molar-refractivity contribution in [3.05, 3.63) is 0 Å². The highest BCUT2D eigenvalue weighted by atomic mass is 16.4. The Morgan fingerprint density at radius 3 is 2.31 bits per heavy atom. The van der Waals surface area contributed by atoms with E-state index in [1.54, 1.807) is 0 Å². The monoisotopic (exact) mass is 180 g/mol. The highest BCUT2D eigenvalue weighted by Crippen LogP contribution is 2.14. The Morgan fingerprint density at radius 2 is 1.85 bits per heavy atom. The maximum Gasteiger partial charge on any atom is 0.306 e. The zero-order chi connectivity index (χ0) is 10.1. The molecule has 1 unspecified atom stereocenters. The van der Waals surface area contributed by atoms with Crippen molar-refractivity contribution in [2.45, 2.75) is 32.1 Å². The lowest BCUT2D eigenvalue weighted by atomic mass is 9.97. The molecule has 0 fully saturated rings. The molecular formula is C9H12N2O2. The van der Waals surface area contributed by atoms with Gasteiger partial charge >= 0.3 is 5.97 Å². The second-order valence-electron chi connectivity index (χ2n) is 2.78. The van der Waals surface area contributed by atoms with Crippen molar-refractivity contribution < 1.29 is 9.90 Å². The van der Waals surface area contributed by atoms with Crippen molar-refractivity contribution >= 4 is 5.97 Å². The summed E-state index contributed by atoms with van der Waals surface area (Å²) >= 11 is 0. The average Bonchev–Trinajstić information content (AvgIpc) is 2.10. The molecule has 1 N–H and O–H groups in total. The summed E-state index contributed by atoms with van der Waals surface area (Å²) in [4.78, 5) is 10.6. The van der Waals surface area contributed by atoms with Crippen LogP contribution in [0.5, 0.6) is 0 Å². The Hall–Kier alpha value is -1.55. The van der Waals surface area contributed by atoms with Crippen molar-refractivity contribution in [3.8, 4) is 12.1 Å². The SMILES string of the molecule is N#CCCCC(CCC#N)C(=O)O. The van der Waals surface area contributed by atoms with Crippen LogP contribution in [0.15, 0.2) is 0 Å². The maximum absolute atomic E-state index is 10.6. The maximum atomic E-state index is 10.6. The van der Waals surface area contributed by atoms with E-state index in [-0.39, 0.29) is 6.42 Å². The number of carboxylic acids is 1. The quantitative estimate of drug-likeness (QED) is 0.630. The third-order valence-electron chi connectivity index (χ3n) is 1.80. The molecule has 1 atom stereocenters. The van der Waals surface area contributed by atoms with Gasteiger partial charge in [-0.2, -0.15) is 10.5 Å². The fraction of sp³-hybridized carbons (Fsp3) is 0.667. The zero-order valence-electron chi connectivity index (χ0n) is 7.36. The number of rotatable bonds is 6. The summed E-state index contributed by atoms with van der Waals surface area (Å²) in [7, 11) is 0. The number of nitrogens with zero attached hydrogens (tertiary/aromatic N) is 2. The largest absolute Gasteiger partial charge is 0.481 e. The number of nitriles is 2. The average molecular weight is 180 g/mol. The molecule has 0 amide bonds. The minimum atomic E-state index is -0.867. The summed E-state index contributed by atoms with van der Waals surface area (Å²) < 4.78 is 0. The number of hydrogen-bond acceptors (Lipinski definition) is 3. The molecule has 0 radical (unpaired) electrons. The van der Waals surface area contributed by atoms with Gasteiger partial charge in [-0.15, -0.1) is 0 Å². The Morgan fingerprint density at radius 1 is 1.23 bits per heavy atom. The molecule has 13 heavy (non-hydrogen) atoms. The Balaban J connectivity index is 3.76. The number of hydrogen-bond donors (Lipinski definition) is 1. The molecule has 4 nitrogen and oxygen atoms in total. The van der Waals surface area contributed by atoms with Crippen LogP contribution in [0.3, 0.4) is 0 Å². The predicted octanol–water partition coefficient (Wildman–Crippen LogP) is 1.68. The van der Waals surface area contributed by atoms with Gasteiger partial charge in [-0.05, 0) is 19.3 Å². The van der Waals surface area contributed by atoms with E-state index in [0.29, 0.717) is 25.7 Å². The summed E-state index contributed by atoms with van der Waals surface area (Å²) in [5, 5.41) is 25.2. The van der Waals surface area contributed by atoms with Crippen LogP contribution < -0.4 is 0 Å². The number of unbranched alkanes of at least 4 members (excludes halogenated alkanes) is 1. The molecule has 0 aliphatic carbocycles. The molecule has 0 saturated heterocycles. The highest BCUT2D eigenvalue weighted by Gasteiger charge is 2.15. The van der Waals surface area contributed by atoms with Crippen LogP contribution >= 0.6 is 0 Å². The van der Waals surface area contributed by atoms with Crippen molar-refractivity contribution in [2.75, 3.05) is 0 Å². The van der Waals surface area contributed by atoms with E-state index in [1.807, 2.05) is 12.1 Å². The molecule has 0 aromatic heterocycles. The molecule has 70 valence electrons. The molecule has 0 aromatic carbocycles. The van der Waals surface area contributed by atoms with Crippen LogP contribution in [0.2, 0.25) is 0 Å². The van der Waals surface area contributed by atoms with Gasteiger partial charge in [-0.3, -0.25) is 4.79 Å². The standard InChI is InChI=1S/C9H12N2O2/c10-6-2-1-4-8(9(12)13)5-3-7-11/h8H,1-5H2,(H,12,13). The van der Waals surface area contributed by atoms with Crippen LogP contribution in [-0.2, 0) is 4.79 Å². The number of aliphatic carboxylic acids is 1. The Bertz CT molecular complexity index is 237. The first-order valence-corrected chi connectivity index (χ1v) is 4.19. The van der Waals surface area contributed by atoms with Gasteiger partial charge < -0.3 is 5.11 Å². The van der Waals surface area contributed by atoms with E-state index < -0.39 is 11.9 Å². The van der Waals surface area contributed by atoms with Gasteiger partial charge in [0.25, 0.3) is 0 Å². The second-order valence-corrected chi connectivity index (χ2v) is 2.78. The first-order chi connectivity index (χ1) is 6.22. The van der Waals surface area contributed by atoms with Crippen molar-refractivity contribution in [3.63, 3.8) is 0 Å². The van der Waals surface area contributed by atoms with E-state index in [9.17, 15) is 4.79 Å². The topological polar surface area (TPSA) is 84.9 Å². The lowest BCUT2D eigenvalue weighted by Gasteiger charge is -2.07. The molecule has 0 rings (SSSR count). The molecule has 0 saturated carbocycles. The van der Waals surface area contributed by atoms with Crippen molar-refractivity contribution in [1.82, 2.24) is 0 Å². The molecule has 0 spiro atoms. The first-order valence-electron chi connectivity index (χ1n) is 4.19. The van der Waals surface area contributed by atoms with E-state index in [4.69, 9.17) is 15.6 Å². The van der Waals surface area contributed by atoms with Gasteiger partial charge in [0.1, 0.15) is 0 Å². The predicted molar refractivity (Wildman–Crippen MR) is 45.4 cm³/mol. The second kappa shape index (κ2) is 7.12. The van der Waals surface area contributed by atoms with Crippen LogP contribution in [-0.4, -0.2) is 11.1 Å². The molecule has 0 aliphatic heterocycles. The Labute approximate surface area is 77.4 Å². The third-order valence-corrected chi connectivity index (χ3v) is 1.80. The van der Waals surface area contributed by atoms with Gasteiger partial charge in [0.15, 0.2) is 0 Å². The third kappa shape index (κ3) is 5.69. The normalized spacial score (nSPS) is 11.2. The molecule has 0 bridgehead atoms. The van der Waals surface area contributed by atoms with E-state index in [0.717, 1.165) is 0 Å². The van der Waals surface area contributed by atoms with Gasteiger partial charge in [0.05, 0.1) is 18.1 Å². The van der Waals surface area contributed by atoms with E-state index in [1.165, 1.54) is 0 Å². The van der Waals surface area contributed by atoms with Gasteiger partial charge in [0.2, 0.25) is 0 Å². The molecular weight excluding hydrogens is 168 g/mol. The van der Waals surface area contributed by atoms with Crippen molar-refractivity contribution in [2.24, 2.45) is 5.92 Å². The van der Waals surface area contributed by atoms with Crippen LogP contribution in [0.1, 0.15) is 32.1 Å². The molecule has 4 heteroatoms.